The van der Waals surface area contributed by atoms with E-state index in [9.17, 15) is 18.8 Å². The molecule has 1 aromatic rings. The molecule has 8 heteroatoms. The number of esters is 1. The Hall–Kier alpha value is -2.15. The third-order valence-corrected chi connectivity index (χ3v) is 3.84. The standard InChI is InChI=1S/C16H18ClFN2O4/c1-20(8-14(21)19-10-5-6-10)15(22)9-24-16(23)7-11-12(17)3-2-4-13(11)18/h2-4,10H,5-9H2,1H3,(H,19,21). The number of ether oxygens (including phenoxy) is 1. The zero-order chi connectivity index (χ0) is 17.7. The van der Waals surface area contributed by atoms with Crippen LogP contribution in [-0.2, 0) is 25.5 Å². The Morgan fingerprint density at radius 3 is 2.71 bits per heavy atom. The Balaban J connectivity index is 1.75. The summed E-state index contributed by atoms with van der Waals surface area (Å²) in [7, 11) is 1.44. The molecule has 0 saturated heterocycles. The van der Waals surface area contributed by atoms with Crippen molar-refractivity contribution >= 4 is 29.4 Å². The van der Waals surface area contributed by atoms with Crippen molar-refractivity contribution in [1.29, 1.82) is 0 Å². The molecule has 0 atom stereocenters. The number of halogens is 2. The Kier molecular flexibility index (Phi) is 6.14. The van der Waals surface area contributed by atoms with E-state index in [4.69, 9.17) is 16.3 Å². The quantitative estimate of drug-likeness (QED) is 0.747. The number of hydrogen-bond donors (Lipinski definition) is 1. The molecule has 1 saturated carbocycles. The molecule has 1 aromatic carbocycles. The number of carbonyl (C=O) groups is 3. The van der Waals surface area contributed by atoms with E-state index >= 15 is 0 Å². The van der Waals surface area contributed by atoms with Crippen molar-refractivity contribution in [3.8, 4) is 0 Å². The Morgan fingerprint density at radius 1 is 1.38 bits per heavy atom. The fourth-order valence-corrected chi connectivity index (χ4v) is 2.18. The van der Waals surface area contributed by atoms with E-state index in [1.54, 1.807) is 0 Å². The number of benzene rings is 1. The van der Waals surface area contributed by atoms with Crippen LogP contribution in [0.3, 0.4) is 0 Å². The van der Waals surface area contributed by atoms with Crippen molar-refractivity contribution in [2.75, 3.05) is 20.2 Å². The number of likely N-dealkylation sites (N-methyl/N-ethyl adjacent to an activating group) is 1. The summed E-state index contributed by atoms with van der Waals surface area (Å²) in [6.07, 6.45) is 1.55. The maximum Gasteiger partial charge on any atom is 0.310 e. The lowest BCUT2D eigenvalue weighted by atomic mass is 10.1. The molecule has 0 bridgehead atoms. The zero-order valence-electron chi connectivity index (χ0n) is 13.2. The maximum atomic E-state index is 13.6. The first kappa shape index (κ1) is 18.2. The lowest BCUT2D eigenvalue weighted by Crippen LogP contribution is -2.40. The third kappa shape index (κ3) is 5.49. The molecule has 1 N–H and O–H groups in total. The van der Waals surface area contributed by atoms with E-state index in [0.29, 0.717) is 0 Å². The summed E-state index contributed by atoms with van der Waals surface area (Å²) >= 11 is 5.82. The van der Waals surface area contributed by atoms with Crippen molar-refractivity contribution in [3.05, 3.63) is 34.6 Å². The van der Waals surface area contributed by atoms with Crippen molar-refractivity contribution in [2.24, 2.45) is 0 Å². The van der Waals surface area contributed by atoms with Crippen LogP contribution in [0.15, 0.2) is 18.2 Å². The highest BCUT2D eigenvalue weighted by molar-refractivity contribution is 6.31. The van der Waals surface area contributed by atoms with Crippen LogP contribution >= 0.6 is 11.6 Å². The van der Waals surface area contributed by atoms with E-state index in [1.807, 2.05) is 0 Å². The molecule has 2 amide bonds. The molecule has 1 aliphatic rings. The van der Waals surface area contributed by atoms with Gasteiger partial charge in [-0.3, -0.25) is 14.4 Å². The molecular formula is C16H18ClFN2O4. The molecule has 0 heterocycles. The number of carbonyl (C=O) groups excluding carboxylic acids is 3. The molecule has 0 aromatic heterocycles. The SMILES string of the molecule is CN(CC(=O)NC1CC1)C(=O)COC(=O)Cc1c(F)cccc1Cl. The normalized spacial score (nSPS) is 13.3. The van der Waals surface area contributed by atoms with Crippen LogP contribution in [0.5, 0.6) is 0 Å². The van der Waals surface area contributed by atoms with Crippen molar-refractivity contribution in [2.45, 2.75) is 25.3 Å². The second-order valence-electron chi connectivity index (χ2n) is 5.63. The lowest BCUT2D eigenvalue weighted by Gasteiger charge is -2.16. The van der Waals surface area contributed by atoms with Crippen LogP contribution in [0.1, 0.15) is 18.4 Å². The minimum absolute atomic E-state index is 0.0220. The average Bonchev–Trinajstić information content (AvgIpc) is 3.32. The number of amides is 2. The monoisotopic (exact) mass is 356 g/mol. The average molecular weight is 357 g/mol. The summed E-state index contributed by atoms with van der Waals surface area (Å²) in [5.41, 5.74) is 0.0220. The Bertz CT molecular complexity index is 629. The second-order valence-corrected chi connectivity index (χ2v) is 6.04. The van der Waals surface area contributed by atoms with Gasteiger partial charge in [0.2, 0.25) is 5.91 Å². The van der Waals surface area contributed by atoms with Gasteiger partial charge in [-0.25, -0.2) is 4.39 Å². The lowest BCUT2D eigenvalue weighted by molar-refractivity contribution is -0.151. The first-order chi connectivity index (χ1) is 11.4. The van der Waals surface area contributed by atoms with E-state index in [0.717, 1.165) is 12.8 Å². The van der Waals surface area contributed by atoms with Gasteiger partial charge in [0.25, 0.3) is 5.91 Å². The van der Waals surface area contributed by atoms with Crippen LogP contribution < -0.4 is 5.32 Å². The third-order valence-electron chi connectivity index (χ3n) is 3.49. The molecule has 0 aliphatic heterocycles. The van der Waals surface area contributed by atoms with Crippen LogP contribution in [0.25, 0.3) is 0 Å². The highest BCUT2D eigenvalue weighted by Gasteiger charge is 2.24. The van der Waals surface area contributed by atoms with Crippen LogP contribution in [0.2, 0.25) is 5.02 Å². The molecule has 0 unspecified atom stereocenters. The zero-order valence-corrected chi connectivity index (χ0v) is 13.9. The van der Waals surface area contributed by atoms with Gasteiger partial charge < -0.3 is 15.0 Å². The summed E-state index contributed by atoms with van der Waals surface area (Å²) in [6.45, 7) is -0.621. The van der Waals surface area contributed by atoms with Gasteiger partial charge in [0.15, 0.2) is 6.61 Å². The molecule has 1 fully saturated rings. The first-order valence-corrected chi connectivity index (χ1v) is 7.86. The predicted molar refractivity (Wildman–Crippen MR) is 84.9 cm³/mol. The molecule has 0 radical (unpaired) electrons. The number of nitrogens with zero attached hydrogens (tertiary/aromatic N) is 1. The molecule has 6 nitrogen and oxygen atoms in total. The van der Waals surface area contributed by atoms with E-state index < -0.39 is 24.3 Å². The van der Waals surface area contributed by atoms with Gasteiger partial charge in [0, 0.05) is 23.7 Å². The smallest absolute Gasteiger partial charge is 0.310 e. The largest absolute Gasteiger partial charge is 0.455 e. The summed E-state index contributed by atoms with van der Waals surface area (Å²) in [5.74, 6) is -2.16. The fourth-order valence-electron chi connectivity index (χ4n) is 1.95. The summed E-state index contributed by atoms with van der Waals surface area (Å²) in [6, 6.07) is 4.29. The van der Waals surface area contributed by atoms with Gasteiger partial charge in [0.05, 0.1) is 13.0 Å². The topological polar surface area (TPSA) is 75.7 Å². The van der Waals surface area contributed by atoms with Crippen molar-refractivity contribution < 1.29 is 23.5 Å². The second kappa shape index (κ2) is 8.10. The van der Waals surface area contributed by atoms with E-state index in [-0.39, 0.29) is 35.5 Å². The Morgan fingerprint density at radius 2 is 2.08 bits per heavy atom. The summed E-state index contributed by atoms with van der Waals surface area (Å²) in [4.78, 5) is 36.3. The van der Waals surface area contributed by atoms with E-state index in [1.165, 1.54) is 30.1 Å². The van der Waals surface area contributed by atoms with Gasteiger partial charge >= 0.3 is 5.97 Å². The molecule has 2 rings (SSSR count). The van der Waals surface area contributed by atoms with Crippen molar-refractivity contribution in [1.82, 2.24) is 10.2 Å². The van der Waals surface area contributed by atoms with E-state index in [2.05, 4.69) is 5.32 Å². The first-order valence-electron chi connectivity index (χ1n) is 7.48. The van der Waals surface area contributed by atoms with Crippen LogP contribution in [0, 0.1) is 5.82 Å². The predicted octanol–water partition coefficient (Wildman–Crippen LogP) is 1.30. The number of rotatable bonds is 7. The summed E-state index contributed by atoms with van der Waals surface area (Å²) in [5, 5.41) is 2.87. The van der Waals surface area contributed by atoms with Gasteiger partial charge in [-0.05, 0) is 25.0 Å². The summed E-state index contributed by atoms with van der Waals surface area (Å²) < 4.78 is 18.4. The number of nitrogens with one attached hydrogen (secondary N) is 1. The van der Waals surface area contributed by atoms with Gasteiger partial charge in [0.1, 0.15) is 5.82 Å². The van der Waals surface area contributed by atoms with Crippen molar-refractivity contribution in [3.63, 3.8) is 0 Å². The van der Waals surface area contributed by atoms with Gasteiger partial charge in [-0.2, -0.15) is 0 Å². The number of hydrogen-bond acceptors (Lipinski definition) is 4. The highest BCUT2D eigenvalue weighted by atomic mass is 35.5. The fraction of sp³-hybridized carbons (Fsp3) is 0.438. The minimum Gasteiger partial charge on any atom is -0.455 e. The van der Waals surface area contributed by atoms with Crippen LogP contribution in [-0.4, -0.2) is 48.9 Å². The molecule has 24 heavy (non-hydrogen) atoms. The molecular weight excluding hydrogens is 339 g/mol. The minimum atomic E-state index is -0.772. The highest BCUT2D eigenvalue weighted by Crippen LogP contribution is 2.20. The molecule has 130 valence electrons. The molecule has 0 spiro atoms. The van der Waals surface area contributed by atoms with Gasteiger partial charge in [-0.15, -0.1) is 0 Å². The van der Waals surface area contributed by atoms with Gasteiger partial charge in [-0.1, -0.05) is 17.7 Å². The molecule has 1 aliphatic carbocycles. The van der Waals surface area contributed by atoms with Crippen LogP contribution in [0.4, 0.5) is 4.39 Å². The Labute approximate surface area is 143 Å². The maximum absolute atomic E-state index is 13.6.